The molecule has 0 bridgehead atoms. The maximum Gasteiger partial charge on any atom is 0.262 e. The van der Waals surface area contributed by atoms with E-state index < -0.39 is 34.8 Å². The molecule has 12 aromatic rings. The molecule has 26 heteroatoms. The van der Waals surface area contributed by atoms with Crippen LogP contribution < -0.4 is 16.0 Å². The van der Waals surface area contributed by atoms with E-state index in [2.05, 4.69) is 51.2 Å². The standard InChI is InChI=1S/C18H12F2N4O2S.C18H13FN4O2S.C17H12ClN5O2S/c1-24-13(8-12(23-24)14-6-3-7-26-14)18-21-9-15(27-18)22-17(25)16-10(19)4-2-5-11(16)20;1-23-14(9-13(22-23)15-7-4-8-25-15)18-20-10-16(26-18)21-17(24)11-5-2-3-6-12(11)19;1-23-13(8-12(22-23)16-19-6-7-25-16)17-20-9-14(26-17)21-15(24)10-4-2-3-5-11(10)18/h2-9H,1H3,(H,22,25);2-10H,1H3,(H,21,24);2-9H,1H3,(H,21,24). The van der Waals surface area contributed by atoms with Gasteiger partial charge in [-0.15, -0.1) is 0 Å². The molecule has 19 nitrogen and oxygen atoms in total. The van der Waals surface area contributed by atoms with Gasteiger partial charge in [0.2, 0.25) is 5.89 Å². The van der Waals surface area contributed by atoms with Gasteiger partial charge in [-0.05, 0) is 78.9 Å². The molecule has 79 heavy (non-hydrogen) atoms. The van der Waals surface area contributed by atoms with Crippen LogP contribution >= 0.6 is 45.6 Å². The van der Waals surface area contributed by atoms with Crippen molar-refractivity contribution < 1.29 is 40.8 Å². The number of aryl methyl sites for hydroxylation is 3. The summed E-state index contributed by atoms with van der Waals surface area (Å²) in [5.41, 5.74) is 4.01. The first-order valence-electron chi connectivity index (χ1n) is 23.1. The third-order valence-corrected chi connectivity index (χ3v) is 14.3. The van der Waals surface area contributed by atoms with Crippen molar-refractivity contribution in [1.29, 1.82) is 0 Å². The molecular formula is C53H37ClF3N13O6S3. The number of carbonyl (C=O) groups excluding carboxylic acids is 3. The summed E-state index contributed by atoms with van der Waals surface area (Å²) in [5.74, 6) is -2.36. The zero-order chi connectivity index (χ0) is 55.2. The molecule has 0 aliphatic rings. The number of nitrogens with one attached hydrogen (secondary N) is 3. The van der Waals surface area contributed by atoms with Gasteiger partial charge in [-0.25, -0.2) is 33.1 Å². The Kier molecular flexibility index (Phi) is 15.6. The predicted octanol–water partition coefficient (Wildman–Crippen LogP) is 12.6. The number of thiazole rings is 3. The lowest BCUT2D eigenvalue weighted by atomic mass is 10.2. The van der Waals surface area contributed by atoms with E-state index >= 15 is 0 Å². The molecule has 3 amide bonds. The fourth-order valence-corrected chi connectivity index (χ4v) is 10.2. The van der Waals surface area contributed by atoms with Crippen LogP contribution in [-0.4, -0.2) is 67.0 Å². The normalized spacial score (nSPS) is 10.9. The predicted molar refractivity (Wildman–Crippen MR) is 292 cm³/mol. The number of anilines is 3. The SMILES string of the molecule is Cn1nc(-c2ccco2)cc1-c1ncc(NC(=O)c2c(F)cccc2F)s1.Cn1nc(-c2ccco2)cc1-c1ncc(NC(=O)c2ccccc2F)s1.Cn1nc(-c2ncco2)cc1-c1ncc(NC(=O)c2ccccc2Cl)s1. The van der Waals surface area contributed by atoms with E-state index in [0.717, 1.165) is 23.5 Å². The summed E-state index contributed by atoms with van der Waals surface area (Å²) < 4.78 is 62.2. The second-order valence-corrected chi connectivity index (χ2v) is 19.9. The maximum atomic E-state index is 13.7. The molecule has 0 radical (unpaired) electrons. The second kappa shape index (κ2) is 23.4. The highest BCUT2D eigenvalue weighted by molar-refractivity contribution is 7.19. The summed E-state index contributed by atoms with van der Waals surface area (Å²) in [6.45, 7) is 0. The number of nitrogens with zero attached hydrogens (tertiary/aromatic N) is 10. The fraction of sp³-hybridized carbons (Fsp3) is 0.0566. The number of carbonyl (C=O) groups is 3. The van der Waals surface area contributed by atoms with Crippen LogP contribution in [0.4, 0.5) is 28.2 Å². The summed E-state index contributed by atoms with van der Waals surface area (Å²) in [6.07, 6.45) is 10.8. The van der Waals surface area contributed by atoms with E-state index in [1.165, 1.54) is 76.9 Å². The number of hydrogen-bond acceptors (Lipinski definition) is 16. The molecule has 0 aliphatic carbocycles. The molecule has 396 valence electrons. The van der Waals surface area contributed by atoms with Gasteiger partial charge in [-0.2, -0.15) is 15.3 Å². The van der Waals surface area contributed by atoms with E-state index in [1.807, 2.05) is 25.2 Å². The third kappa shape index (κ3) is 12.0. The van der Waals surface area contributed by atoms with Crippen LogP contribution in [0.5, 0.6) is 0 Å². The monoisotopic (exact) mass is 1140 g/mol. The smallest absolute Gasteiger partial charge is 0.262 e. The third-order valence-electron chi connectivity index (χ3n) is 11.1. The fourth-order valence-electron chi connectivity index (χ4n) is 7.44. The van der Waals surface area contributed by atoms with E-state index in [1.54, 1.807) is 108 Å². The van der Waals surface area contributed by atoms with E-state index in [9.17, 15) is 27.6 Å². The molecule has 9 aromatic heterocycles. The van der Waals surface area contributed by atoms with Crippen molar-refractivity contribution in [3.63, 3.8) is 0 Å². The van der Waals surface area contributed by atoms with Gasteiger partial charge in [0, 0.05) is 21.1 Å². The van der Waals surface area contributed by atoms with Crippen molar-refractivity contribution in [3.8, 4) is 66.6 Å². The second-order valence-electron chi connectivity index (χ2n) is 16.4. The lowest BCUT2D eigenvalue weighted by molar-refractivity contribution is 0.101. The summed E-state index contributed by atoms with van der Waals surface area (Å²) in [5, 5.41) is 25.0. The molecule has 0 spiro atoms. The number of rotatable bonds is 12. The molecular weight excluding hydrogens is 1100 g/mol. The molecule has 0 saturated carbocycles. The van der Waals surface area contributed by atoms with Gasteiger partial charge in [-0.1, -0.05) is 75.9 Å². The van der Waals surface area contributed by atoms with Gasteiger partial charge in [0.25, 0.3) is 17.7 Å². The summed E-state index contributed by atoms with van der Waals surface area (Å²) in [4.78, 5) is 53.8. The van der Waals surface area contributed by atoms with Gasteiger partial charge >= 0.3 is 0 Å². The molecule has 0 unspecified atom stereocenters. The zero-order valence-electron chi connectivity index (χ0n) is 41.1. The van der Waals surface area contributed by atoms with Crippen LogP contribution in [0.25, 0.3) is 66.6 Å². The molecule has 0 aliphatic heterocycles. The average molecular weight is 1140 g/mol. The summed E-state index contributed by atoms with van der Waals surface area (Å²) in [6, 6.07) is 28.7. The van der Waals surface area contributed by atoms with Crippen molar-refractivity contribution in [1.82, 2.24) is 49.3 Å². The molecule has 0 fully saturated rings. The maximum absolute atomic E-state index is 13.7. The highest BCUT2D eigenvalue weighted by Gasteiger charge is 2.22. The molecule has 0 atom stereocenters. The van der Waals surface area contributed by atoms with E-state index in [4.69, 9.17) is 24.9 Å². The van der Waals surface area contributed by atoms with Gasteiger partial charge in [0.15, 0.2) is 11.5 Å². The summed E-state index contributed by atoms with van der Waals surface area (Å²) in [7, 11) is 5.38. The molecule has 12 rings (SSSR count). The van der Waals surface area contributed by atoms with Crippen LogP contribution in [0, 0.1) is 17.5 Å². The first-order valence-corrected chi connectivity index (χ1v) is 25.9. The highest BCUT2D eigenvalue weighted by atomic mass is 35.5. The van der Waals surface area contributed by atoms with E-state index in [0.29, 0.717) is 80.8 Å². The number of aromatic nitrogens is 10. The van der Waals surface area contributed by atoms with Crippen LogP contribution in [-0.2, 0) is 21.1 Å². The van der Waals surface area contributed by atoms with Crippen LogP contribution in [0.1, 0.15) is 31.1 Å². The minimum Gasteiger partial charge on any atom is -0.463 e. The minimum absolute atomic E-state index is 0.0110. The van der Waals surface area contributed by atoms with Crippen molar-refractivity contribution in [2.45, 2.75) is 0 Å². The molecule has 0 saturated heterocycles. The lowest BCUT2D eigenvalue weighted by Gasteiger charge is -2.04. The first-order chi connectivity index (χ1) is 38.3. The van der Waals surface area contributed by atoms with Gasteiger partial charge in [0.05, 0.1) is 70.5 Å². The lowest BCUT2D eigenvalue weighted by Crippen LogP contribution is -2.15. The number of halogens is 4. The number of hydrogen-bond donors (Lipinski definition) is 3. The Morgan fingerprint density at radius 3 is 1.41 bits per heavy atom. The largest absolute Gasteiger partial charge is 0.463 e. The Morgan fingerprint density at radius 1 is 0.494 bits per heavy atom. The Hall–Kier alpha value is -9.56. The zero-order valence-corrected chi connectivity index (χ0v) is 44.3. The molecule has 3 aromatic carbocycles. The Bertz CT molecular complexity index is 3900. The van der Waals surface area contributed by atoms with Crippen LogP contribution in [0.15, 0.2) is 166 Å². The highest BCUT2D eigenvalue weighted by Crippen LogP contribution is 2.35. The van der Waals surface area contributed by atoms with Crippen molar-refractivity contribution in [2.75, 3.05) is 16.0 Å². The van der Waals surface area contributed by atoms with Gasteiger partial charge < -0.3 is 29.2 Å². The van der Waals surface area contributed by atoms with Gasteiger partial charge in [0.1, 0.15) is 76.4 Å². The topological polar surface area (TPSA) is 232 Å². The van der Waals surface area contributed by atoms with Crippen LogP contribution in [0.2, 0.25) is 5.02 Å². The summed E-state index contributed by atoms with van der Waals surface area (Å²) >= 11 is 9.85. The molecule has 3 N–H and O–H groups in total. The molecule has 9 heterocycles. The number of amides is 3. The first kappa shape index (κ1) is 52.9. The van der Waals surface area contributed by atoms with Crippen LogP contribution in [0.3, 0.4) is 0 Å². The Labute approximate surface area is 461 Å². The van der Waals surface area contributed by atoms with Crippen molar-refractivity contribution in [2.24, 2.45) is 21.1 Å². The van der Waals surface area contributed by atoms with Gasteiger partial charge in [-0.3, -0.25) is 28.4 Å². The number of benzene rings is 3. The van der Waals surface area contributed by atoms with E-state index in [-0.39, 0.29) is 11.5 Å². The Morgan fingerprint density at radius 2 is 0.937 bits per heavy atom. The van der Waals surface area contributed by atoms with Crippen molar-refractivity contribution >= 4 is 78.3 Å². The Balaban J connectivity index is 0.000000134. The quantitative estimate of drug-likeness (QED) is 0.103. The van der Waals surface area contributed by atoms with Crippen molar-refractivity contribution in [3.05, 3.63) is 192 Å². The number of oxazole rings is 1. The number of furan rings is 2. The minimum atomic E-state index is -0.924. The average Bonchev–Trinajstić information content (AvgIpc) is 4.31.